The van der Waals surface area contributed by atoms with E-state index < -0.39 is 6.10 Å². The Morgan fingerprint density at radius 3 is 2.62 bits per heavy atom. The molecule has 24 heavy (non-hydrogen) atoms. The molecule has 1 aliphatic heterocycles. The number of fused-ring (bicyclic) bond motifs is 1. The van der Waals surface area contributed by atoms with Crippen molar-refractivity contribution in [3.05, 3.63) is 60.7 Å². The topological polar surface area (TPSA) is 73.6 Å². The minimum Gasteiger partial charge on any atom is -0.485 e. The van der Waals surface area contributed by atoms with Crippen LogP contribution in [0.4, 0.5) is 5.88 Å². The Bertz CT molecular complexity index is 860. The van der Waals surface area contributed by atoms with Crippen molar-refractivity contribution >= 4 is 11.8 Å². The van der Waals surface area contributed by atoms with Crippen molar-refractivity contribution < 1.29 is 18.8 Å². The molecule has 6 nitrogen and oxygen atoms in total. The second-order valence-corrected chi connectivity index (χ2v) is 5.30. The summed E-state index contributed by atoms with van der Waals surface area (Å²) in [5.74, 6) is 1.10. The van der Waals surface area contributed by atoms with Crippen LogP contribution >= 0.6 is 0 Å². The predicted molar refractivity (Wildman–Crippen MR) is 86.9 cm³/mol. The number of hydrogen-bond donors (Lipinski definition) is 1. The average molecular weight is 322 g/mol. The lowest BCUT2D eigenvalue weighted by atomic mass is 10.1. The summed E-state index contributed by atoms with van der Waals surface area (Å²) >= 11 is 0. The number of rotatable bonds is 3. The van der Waals surface area contributed by atoms with Crippen molar-refractivity contribution in [3.63, 3.8) is 0 Å². The van der Waals surface area contributed by atoms with Crippen LogP contribution in [-0.4, -0.2) is 23.8 Å². The van der Waals surface area contributed by atoms with Crippen LogP contribution in [0.5, 0.6) is 11.5 Å². The second kappa shape index (κ2) is 6.08. The fourth-order valence-electron chi connectivity index (χ4n) is 2.43. The highest BCUT2D eigenvalue weighted by Crippen LogP contribution is 2.31. The van der Waals surface area contributed by atoms with Crippen LogP contribution in [0.2, 0.25) is 0 Å². The van der Waals surface area contributed by atoms with E-state index in [1.807, 2.05) is 42.5 Å². The first kappa shape index (κ1) is 14.3. The molecule has 0 saturated heterocycles. The highest BCUT2D eigenvalue weighted by molar-refractivity contribution is 5.94. The molecule has 0 spiro atoms. The number of nitrogens with zero attached hydrogens (tertiary/aromatic N) is 1. The summed E-state index contributed by atoms with van der Waals surface area (Å²) in [7, 11) is 0. The van der Waals surface area contributed by atoms with E-state index >= 15 is 0 Å². The monoisotopic (exact) mass is 322 g/mol. The maximum atomic E-state index is 12.3. The van der Waals surface area contributed by atoms with E-state index in [-0.39, 0.29) is 18.4 Å². The van der Waals surface area contributed by atoms with Gasteiger partial charge < -0.3 is 14.0 Å². The fraction of sp³-hybridized carbons (Fsp3) is 0.111. The highest BCUT2D eigenvalue weighted by Gasteiger charge is 2.28. The zero-order chi connectivity index (χ0) is 16.4. The van der Waals surface area contributed by atoms with Crippen LogP contribution in [-0.2, 0) is 4.79 Å². The summed E-state index contributed by atoms with van der Waals surface area (Å²) in [4.78, 5) is 12.3. The number of aromatic nitrogens is 1. The standard InChI is InChI=1S/C18H14N2O4/c21-18(16-11-22-14-8-4-5-9-15(14)23-16)19-17-10-13(20-24-17)12-6-2-1-3-7-12/h1-10,16H,11H2,(H,19,21)/t16-/m0/s1. The average Bonchev–Trinajstić information content (AvgIpc) is 3.10. The summed E-state index contributed by atoms with van der Waals surface area (Å²) in [6.07, 6.45) is -0.745. The number of anilines is 1. The molecule has 0 aliphatic carbocycles. The van der Waals surface area contributed by atoms with Gasteiger partial charge in [0.2, 0.25) is 12.0 Å². The van der Waals surface area contributed by atoms with Gasteiger partial charge >= 0.3 is 0 Å². The zero-order valence-electron chi connectivity index (χ0n) is 12.6. The molecule has 0 saturated carbocycles. The van der Waals surface area contributed by atoms with Crippen LogP contribution in [0.25, 0.3) is 11.3 Å². The van der Waals surface area contributed by atoms with Gasteiger partial charge in [-0.3, -0.25) is 10.1 Å². The van der Waals surface area contributed by atoms with Crippen molar-refractivity contribution in [2.75, 3.05) is 11.9 Å². The van der Waals surface area contributed by atoms with Crippen molar-refractivity contribution in [2.24, 2.45) is 0 Å². The van der Waals surface area contributed by atoms with E-state index in [9.17, 15) is 4.79 Å². The zero-order valence-corrected chi connectivity index (χ0v) is 12.6. The number of amides is 1. The quantitative estimate of drug-likeness (QED) is 0.802. The van der Waals surface area contributed by atoms with Crippen molar-refractivity contribution in [1.82, 2.24) is 5.16 Å². The maximum Gasteiger partial charge on any atom is 0.271 e. The first-order valence-corrected chi connectivity index (χ1v) is 7.51. The summed E-state index contributed by atoms with van der Waals surface area (Å²) in [5, 5.41) is 6.62. The van der Waals surface area contributed by atoms with Gasteiger partial charge in [0.25, 0.3) is 5.91 Å². The van der Waals surface area contributed by atoms with Crippen LogP contribution in [0.3, 0.4) is 0 Å². The Morgan fingerprint density at radius 1 is 1.04 bits per heavy atom. The van der Waals surface area contributed by atoms with Gasteiger partial charge in [-0.05, 0) is 12.1 Å². The van der Waals surface area contributed by atoms with Gasteiger partial charge in [0, 0.05) is 11.6 Å². The number of nitrogens with one attached hydrogen (secondary N) is 1. The molecular weight excluding hydrogens is 308 g/mol. The molecule has 6 heteroatoms. The van der Waals surface area contributed by atoms with Gasteiger partial charge in [-0.2, -0.15) is 0 Å². The van der Waals surface area contributed by atoms with E-state index in [0.717, 1.165) is 5.56 Å². The Labute approximate surface area is 138 Å². The third-order valence-electron chi connectivity index (χ3n) is 3.63. The first-order valence-electron chi connectivity index (χ1n) is 7.51. The smallest absolute Gasteiger partial charge is 0.271 e. The number of para-hydroxylation sites is 2. The van der Waals surface area contributed by atoms with Gasteiger partial charge in [-0.1, -0.05) is 47.6 Å². The number of hydrogen-bond acceptors (Lipinski definition) is 5. The molecular formula is C18H14N2O4. The largest absolute Gasteiger partial charge is 0.485 e. The van der Waals surface area contributed by atoms with Crippen molar-refractivity contribution in [3.8, 4) is 22.8 Å². The molecule has 1 N–H and O–H groups in total. The fourth-order valence-corrected chi connectivity index (χ4v) is 2.43. The Hall–Kier alpha value is -3.28. The molecule has 2 heterocycles. The van der Waals surface area contributed by atoms with Gasteiger partial charge in [0.05, 0.1) is 0 Å². The number of carbonyl (C=O) groups excluding carboxylic acids is 1. The maximum absolute atomic E-state index is 12.3. The van der Waals surface area contributed by atoms with Crippen LogP contribution in [0, 0.1) is 0 Å². The molecule has 1 aliphatic rings. The minimum atomic E-state index is -0.745. The molecule has 0 bridgehead atoms. The number of carbonyl (C=O) groups is 1. The van der Waals surface area contributed by atoms with Gasteiger partial charge in [-0.15, -0.1) is 0 Å². The Kier molecular flexibility index (Phi) is 3.63. The van der Waals surface area contributed by atoms with Crippen LogP contribution in [0.15, 0.2) is 65.2 Å². The third kappa shape index (κ3) is 2.81. The van der Waals surface area contributed by atoms with Gasteiger partial charge in [-0.25, -0.2) is 0 Å². The van der Waals surface area contributed by atoms with E-state index in [1.165, 1.54) is 0 Å². The van der Waals surface area contributed by atoms with E-state index in [4.69, 9.17) is 14.0 Å². The van der Waals surface area contributed by atoms with Crippen molar-refractivity contribution in [1.29, 1.82) is 0 Å². The molecule has 3 aromatic rings. The number of ether oxygens (including phenoxy) is 2. The number of benzene rings is 2. The Balaban J connectivity index is 1.45. The lowest BCUT2D eigenvalue weighted by molar-refractivity contribution is -0.125. The normalized spacial score (nSPS) is 15.8. The second-order valence-electron chi connectivity index (χ2n) is 5.30. The molecule has 1 amide bonds. The molecule has 0 fully saturated rings. The Morgan fingerprint density at radius 2 is 1.79 bits per heavy atom. The van der Waals surface area contributed by atoms with Gasteiger partial charge in [0.15, 0.2) is 11.5 Å². The minimum absolute atomic E-state index is 0.141. The molecule has 2 aromatic carbocycles. The van der Waals surface area contributed by atoms with E-state index in [2.05, 4.69) is 10.5 Å². The predicted octanol–water partition coefficient (Wildman–Crippen LogP) is 3.12. The van der Waals surface area contributed by atoms with Crippen LogP contribution in [0.1, 0.15) is 0 Å². The molecule has 4 rings (SSSR count). The lowest BCUT2D eigenvalue weighted by Crippen LogP contribution is -2.40. The molecule has 0 unspecified atom stereocenters. The molecule has 0 radical (unpaired) electrons. The molecule has 1 aromatic heterocycles. The summed E-state index contributed by atoms with van der Waals surface area (Å²) in [5.41, 5.74) is 1.56. The lowest BCUT2D eigenvalue weighted by Gasteiger charge is -2.25. The molecule has 120 valence electrons. The van der Waals surface area contributed by atoms with E-state index in [1.54, 1.807) is 18.2 Å². The van der Waals surface area contributed by atoms with Gasteiger partial charge in [0.1, 0.15) is 12.3 Å². The highest BCUT2D eigenvalue weighted by atomic mass is 16.6. The summed E-state index contributed by atoms with van der Waals surface area (Å²) in [6.45, 7) is 0.141. The summed E-state index contributed by atoms with van der Waals surface area (Å²) < 4.78 is 16.4. The first-order chi connectivity index (χ1) is 11.8. The van der Waals surface area contributed by atoms with E-state index in [0.29, 0.717) is 17.2 Å². The third-order valence-corrected chi connectivity index (χ3v) is 3.63. The van der Waals surface area contributed by atoms with Crippen molar-refractivity contribution in [2.45, 2.75) is 6.10 Å². The SMILES string of the molecule is O=C(Nc1cc(-c2ccccc2)no1)[C@@H]1COc2ccccc2O1. The summed E-state index contributed by atoms with van der Waals surface area (Å²) in [6, 6.07) is 18.5. The molecule has 1 atom stereocenters. The van der Waals surface area contributed by atoms with Crippen LogP contribution < -0.4 is 14.8 Å².